The molecule has 27 heavy (non-hydrogen) atoms. The first-order valence-corrected chi connectivity index (χ1v) is 8.70. The molecule has 1 amide bonds. The summed E-state index contributed by atoms with van der Waals surface area (Å²) in [6.07, 6.45) is 0.0473. The van der Waals surface area contributed by atoms with Crippen molar-refractivity contribution in [3.8, 4) is 0 Å². The molecule has 0 aliphatic carbocycles. The minimum absolute atomic E-state index is 0.0473. The lowest BCUT2D eigenvalue weighted by Crippen LogP contribution is -2.35. The lowest BCUT2D eigenvalue weighted by molar-refractivity contribution is -0.384. The smallest absolute Gasteiger partial charge is 0.307 e. The number of ether oxygens (including phenoxy) is 1. The van der Waals surface area contributed by atoms with Crippen molar-refractivity contribution in [3.63, 3.8) is 0 Å². The molecule has 7 heteroatoms. The quantitative estimate of drug-likeness (QED) is 0.401. The van der Waals surface area contributed by atoms with E-state index in [1.165, 1.54) is 29.2 Å². The second-order valence-electron chi connectivity index (χ2n) is 5.95. The first-order chi connectivity index (χ1) is 12.9. The van der Waals surface area contributed by atoms with Crippen molar-refractivity contribution in [3.05, 3.63) is 75.8 Å². The van der Waals surface area contributed by atoms with Crippen molar-refractivity contribution in [2.45, 2.75) is 26.3 Å². The molecule has 0 N–H and O–H groups in total. The van der Waals surface area contributed by atoms with E-state index in [0.717, 1.165) is 5.56 Å². The first kappa shape index (κ1) is 20.1. The number of hydrogen-bond donors (Lipinski definition) is 0. The van der Waals surface area contributed by atoms with Crippen molar-refractivity contribution < 1.29 is 19.2 Å². The van der Waals surface area contributed by atoms with Crippen LogP contribution in [0, 0.1) is 10.1 Å². The molecule has 2 aromatic carbocycles. The van der Waals surface area contributed by atoms with Crippen LogP contribution in [-0.4, -0.2) is 34.9 Å². The standard InChI is InChI=1S/C20H22N2O5/c1-3-27-19(23)12-13-21(15(2)16-8-5-4-6-9-16)20(24)17-10-7-11-18(14-17)22(25)26/h4-11,14-15H,3,12-13H2,1-2H3. The Morgan fingerprint density at radius 3 is 2.48 bits per heavy atom. The van der Waals surface area contributed by atoms with E-state index in [9.17, 15) is 19.7 Å². The molecule has 0 bridgehead atoms. The van der Waals surface area contributed by atoms with Crippen LogP contribution >= 0.6 is 0 Å². The minimum Gasteiger partial charge on any atom is -0.466 e. The van der Waals surface area contributed by atoms with Gasteiger partial charge in [-0.3, -0.25) is 19.7 Å². The zero-order valence-corrected chi connectivity index (χ0v) is 15.3. The summed E-state index contributed by atoms with van der Waals surface area (Å²) in [6.45, 7) is 3.99. The van der Waals surface area contributed by atoms with Crippen LogP contribution in [0.4, 0.5) is 5.69 Å². The molecule has 1 atom stereocenters. The first-order valence-electron chi connectivity index (χ1n) is 8.70. The van der Waals surface area contributed by atoms with Crippen LogP contribution < -0.4 is 0 Å². The number of rotatable bonds is 8. The molecular weight excluding hydrogens is 348 g/mol. The topological polar surface area (TPSA) is 89.8 Å². The third-order valence-electron chi connectivity index (χ3n) is 4.18. The molecule has 0 aliphatic rings. The lowest BCUT2D eigenvalue weighted by Gasteiger charge is -2.29. The molecule has 7 nitrogen and oxygen atoms in total. The van der Waals surface area contributed by atoms with Crippen molar-refractivity contribution in [2.24, 2.45) is 0 Å². The van der Waals surface area contributed by atoms with E-state index < -0.39 is 10.9 Å². The van der Waals surface area contributed by atoms with E-state index in [-0.39, 0.29) is 42.8 Å². The van der Waals surface area contributed by atoms with Crippen LogP contribution in [0.5, 0.6) is 0 Å². The van der Waals surface area contributed by atoms with Gasteiger partial charge in [0.25, 0.3) is 11.6 Å². The maximum Gasteiger partial charge on any atom is 0.307 e. The molecule has 0 aliphatic heterocycles. The van der Waals surface area contributed by atoms with Gasteiger partial charge >= 0.3 is 5.97 Å². The second kappa shape index (κ2) is 9.47. The molecule has 0 saturated heterocycles. The highest BCUT2D eigenvalue weighted by molar-refractivity contribution is 5.95. The number of non-ortho nitro benzene ring substituents is 1. The van der Waals surface area contributed by atoms with Crippen LogP contribution in [-0.2, 0) is 9.53 Å². The third kappa shape index (κ3) is 5.37. The number of carbonyl (C=O) groups is 2. The molecular formula is C20H22N2O5. The third-order valence-corrected chi connectivity index (χ3v) is 4.18. The Balaban J connectivity index is 2.30. The lowest BCUT2D eigenvalue weighted by atomic mass is 10.0. The van der Waals surface area contributed by atoms with Crippen LogP contribution in [0.2, 0.25) is 0 Å². The van der Waals surface area contributed by atoms with Crippen LogP contribution in [0.1, 0.15) is 42.2 Å². The summed E-state index contributed by atoms with van der Waals surface area (Å²) in [5.41, 5.74) is 0.953. The van der Waals surface area contributed by atoms with E-state index in [1.807, 2.05) is 37.3 Å². The van der Waals surface area contributed by atoms with Gasteiger partial charge in [0.2, 0.25) is 0 Å². The van der Waals surface area contributed by atoms with E-state index in [4.69, 9.17) is 4.74 Å². The monoisotopic (exact) mass is 370 g/mol. The van der Waals surface area contributed by atoms with E-state index >= 15 is 0 Å². The molecule has 0 fully saturated rings. The minimum atomic E-state index is -0.541. The summed E-state index contributed by atoms with van der Waals surface area (Å²) < 4.78 is 4.95. The van der Waals surface area contributed by atoms with Gasteiger partial charge in [0.05, 0.1) is 24.0 Å². The van der Waals surface area contributed by atoms with Crippen LogP contribution in [0.3, 0.4) is 0 Å². The Hall–Kier alpha value is -3.22. The normalized spacial score (nSPS) is 11.5. The van der Waals surface area contributed by atoms with Gasteiger partial charge in [0.1, 0.15) is 0 Å². The number of nitrogens with zero attached hydrogens (tertiary/aromatic N) is 2. The fraction of sp³-hybridized carbons (Fsp3) is 0.300. The Morgan fingerprint density at radius 2 is 1.85 bits per heavy atom. The fourth-order valence-electron chi connectivity index (χ4n) is 2.75. The average Bonchev–Trinajstić information content (AvgIpc) is 2.68. The fourth-order valence-corrected chi connectivity index (χ4v) is 2.75. The zero-order valence-electron chi connectivity index (χ0n) is 15.3. The second-order valence-corrected chi connectivity index (χ2v) is 5.95. The summed E-state index contributed by atoms with van der Waals surface area (Å²) in [5.74, 6) is -0.769. The highest BCUT2D eigenvalue weighted by atomic mass is 16.6. The zero-order chi connectivity index (χ0) is 19.8. The number of amides is 1. The van der Waals surface area contributed by atoms with Gasteiger partial charge in [0, 0.05) is 24.2 Å². The number of hydrogen-bond acceptors (Lipinski definition) is 5. The molecule has 1 unspecified atom stereocenters. The van der Waals surface area contributed by atoms with Crippen LogP contribution in [0.25, 0.3) is 0 Å². The van der Waals surface area contributed by atoms with Gasteiger partial charge < -0.3 is 9.64 Å². The highest BCUT2D eigenvalue weighted by Crippen LogP contribution is 2.24. The Bertz CT molecular complexity index is 807. The van der Waals surface area contributed by atoms with Gasteiger partial charge in [-0.15, -0.1) is 0 Å². The van der Waals surface area contributed by atoms with Gasteiger partial charge in [-0.05, 0) is 25.5 Å². The SMILES string of the molecule is CCOC(=O)CCN(C(=O)c1cccc([N+](=O)[O-])c1)C(C)c1ccccc1. The molecule has 0 spiro atoms. The van der Waals surface area contributed by atoms with Crippen molar-refractivity contribution in [1.82, 2.24) is 4.90 Å². The summed E-state index contributed by atoms with van der Waals surface area (Å²) in [5, 5.41) is 11.0. The molecule has 0 heterocycles. The maximum atomic E-state index is 13.1. The molecule has 142 valence electrons. The molecule has 2 rings (SSSR count). The number of benzene rings is 2. The molecule has 0 radical (unpaired) electrons. The summed E-state index contributed by atoms with van der Waals surface area (Å²) in [6, 6.07) is 14.7. The molecule has 0 aromatic heterocycles. The van der Waals surface area contributed by atoms with Gasteiger partial charge in [0.15, 0.2) is 0 Å². The molecule has 0 saturated carbocycles. The van der Waals surface area contributed by atoms with E-state index in [1.54, 1.807) is 6.92 Å². The maximum absolute atomic E-state index is 13.1. The average molecular weight is 370 g/mol. The highest BCUT2D eigenvalue weighted by Gasteiger charge is 2.24. The van der Waals surface area contributed by atoms with Gasteiger partial charge in [-0.2, -0.15) is 0 Å². The Morgan fingerprint density at radius 1 is 1.15 bits per heavy atom. The van der Waals surface area contributed by atoms with E-state index in [2.05, 4.69) is 0 Å². The number of nitro groups is 1. The summed E-state index contributed by atoms with van der Waals surface area (Å²) in [7, 11) is 0. The Kier molecular flexibility index (Phi) is 7.05. The van der Waals surface area contributed by atoms with Gasteiger partial charge in [-0.1, -0.05) is 36.4 Å². The number of esters is 1. The number of carbonyl (C=O) groups excluding carboxylic acids is 2. The van der Waals surface area contributed by atoms with E-state index in [0.29, 0.717) is 0 Å². The Labute approximate surface area is 157 Å². The molecule has 2 aromatic rings. The van der Waals surface area contributed by atoms with Crippen LogP contribution in [0.15, 0.2) is 54.6 Å². The van der Waals surface area contributed by atoms with Crippen molar-refractivity contribution in [2.75, 3.05) is 13.2 Å². The van der Waals surface area contributed by atoms with Crippen molar-refractivity contribution >= 4 is 17.6 Å². The predicted molar refractivity (Wildman–Crippen MR) is 100 cm³/mol. The number of nitro benzene ring substituents is 1. The van der Waals surface area contributed by atoms with Crippen molar-refractivity contribution in [1.29, 1.82) is 0 Å². The summed E-state index contributed by atoms with van der Waals surface area (Å²) >= 11 is 0. The predicted octanol–water partition coefficient (Wildman–Crippen LogP) is 3.75. The largest absolute Gasteiger partial charge is 0.466 e. The van der Waals surface area contributed by atoms with Gasteiger partial charge in [-0.25, -0.2) is 0 Å². The summed E-state index contributed by atoms with van der Waals surface area (Å²) in [4.78, 5) is 36.8.